The topological polar surface area (TPSA) is 55.8 Å². The zero-order chi connectivity index (χ0) is 20.9. The van der Waals surface area contributed by atoms with Crippen LogP contribution in [0.3, 0.4) is 0 Å². The summed E-state index contributed by atoms with van der Waals surface area (Å²) in [4.78, 5) is 26.5. The molecule has 1 amide bonds. The maximum Gasteiger partial charge on any atom is 0.314 e. The lowest BCUT2D eigenvalue weighted by Crippen LogP contribution is -2.48. The molecule has 0 N–H and O–H groups in total. The van der Waals surface area contributed by atoms with E-state index in [-0.39, 0.29) is 23.8 Å². The van der Waals surface area contributed by atoms with Crippen LogP contribution in [0.5, 0.6) is 11.5 Å². The summed E-state index contributed by atoms with van der Waals surface area (Å²) in [5.74, 6) is 1.02. The van der Waals surface area contributed by atoms with Crippen molar-refractivity contribution >= 4 is 17.6 Å². The van der Waals surface area contributed by atoms with Gasteiger partial charge < -0.3 is 9.47 Å². The van der Waals surface area contributed by atoms with Gasteiger partial charge in [0.1, 0.15) is 11.5 Å². The molecule has 1 saturated carbocycles. The van der Waals surface area contributed by atoms with Gasteiger partial charge in [0.15, 0.2) is 0 Å². The highest BCUT2D eigenvalue weighted by atomic mass is 16.5. The van der Waals surface area contributed by atoms with Crippen molar-refractivity contribution in [1.82, 2.24) is 0 Å². The van der Waals surface area contributed by atoms with E-state index in [2.05, 4.69) is 6.58 Å². The van der Waals surface area contributed by atoms with Gasteiger partial charge in [0, 0.05) is 17.3 Å². The van der Waals surface area contributed by atoms with Gasteiger partial charge in [-0.25, -0.2) is 0 Å². The molecule has 150 valence electrons. The van der Waals surface area contributed by atoms with E-state index in [1.165, 1.54) is 0 Å². The zero-order valence-electron chi connectivity index (χ0n) is 17.2. The van der Waals surface area contributed by atoms with Gasteiger partial charge in [-0.3, -0.25) is 14.5 Å². The molecule has 5 nitrogen and oxygen atoms in total. The summed E-state index contributed by atoms with van der Waals surface area (Å²) in [7, 11) is 1.63. The van der Waals surface area contributed by atoms with E-state index in [0.29, 0.717) is 11.3 Å². The van der Waals surface area contributed by atoms with Crippen LogP contribution in [-0.2, 0) is 9.59 Å². The third kappa shape index (κ3) is 3.31. The van der Waals surface area contributed by atoms with Crippen LogP contribution in [0.25, 0.3) is 0 Å². The number of ether oxygens (including phenoxy) is 2. The van der Waals surface area contributed by atoms with E-state index in [0.717, 1.165) is 46.5 Å². The van der Waals surface area contributed by atoms with E-state index in [9.17, 15) is 9.59 Å². The molecular formula is C24H25NO4. The molecule has 2 aliphatic rings. The van der Waals surface area contributed by atoms with Gasteiger partial charge in [0.2, 0.25) is 0 Å². The highest BCUT2D eigenvalue weighted by Crippen LogP contribution is 2.45. The Morgan fingerprint density at radius 1 is 1.07 bits per heavy atom. The van der Waals surface area contributed by atoms with E-state index in [4.69, 9.17) is 9.47 Å². The number of carbonyl (C=O) groups excluding carboxylic acids is 2. The molecule has 4 rings (SSSR count). The lowest BCUT2D eigenvalue weighted by molar-refractivity contribution is -0.135. The average Bonchev–Trinajstić information content (AvgIpc) is 3.54. The number of amides is 1. The average molecular weight is 391 g/mol. The Labute approximate surface area is 170 Å². The number of rotatable bonds is 5. The summed E-state index contributed by atoms with van der Waals surface area (Å²) >= 11 is 0. The van der Waals surface area contributed by atoms with Crippen LogP contribution in [0.15, 0.2) is 42.5 Å². The largest absolute Gasteiger partial charge is 0.496 e. The zero-order valence-corrected chi connectivity index (χ0v) is 17.2. The van der Waals surface area contributed by atoms with Crippen molar-refractivity contribution in [3.63, 3.8) is 0 Å². The molecule has 1 saturated heterocycles. The minimum atomic E-state index is -0.298. The van der Waals surface area contributed by atoms with Crippen molar-refractivity contribution in [3.05, 3.63) is 64.7 Å². The second-order valence-corrected chi connectivity index (χ2v) is 7.91. The smallest absolute Gasteiger partial charge is 0.314 e. The molecule has 5 heteroatoms. The van der Waals surface area contributed by atoms with E-state index in [1.807, 2.05) is 51.1 Å². The number of benzene rings is 2. The first-order valence-electron chi connectivity index (χ1n) is 9.81. The van der Waals surface area contributed by atoms with Gasteiger partial charge in [-0.1, -0.05) is 18.7 Å². The Balaban J connectivity index is 1.69. The summed E-state index contributed by atoms with van der Waals surface area (Å²) in [6.07, 6.45) is 1.79. The fraction of sp³-hybridized carbons (Fsp3) is 0.333. The van der Waals surface area contributed by atoms with Gasteiger partial charge in [0.05, 0.1) is 19.1 Å². The van der Waals surface area contributed by atoms with E-state index < -0.39 is 0 Å². The molecule has 2 fully saturated rings. The molecule has 29 heavy (non-hydrogen) atoms. The minimum absolute atomic E-state index is 0.0257. The number of anilines is 1. The molecule has 1 aliphatic carbocycles. The standard InChI is InChI=1S/C24H25NO4/c1-13-6-7-18(11-20(13)29-24(27)17-8-9-17)22-16(4)23(26)25(22)19-10-14(2)15(3)21(12-19)28-5/h6-7,10-12,17,22H,4,8-9H2,1-3,5H3/t22-/m1/s1. The predicted octanol–water partition coefficient (Wildman–Crippen LogP) is 4.58. The summed E-state index contributed by atoms with van der Waals surface area (Å²) in [6.45, 7) is 9.88. The first-order valence-corrected chi connectivity index (χ1v) is 9.81. The van der Waals surface area contributed by atoms with Gasteiger partial charge in [0.25, 0.3) is 5.91 Å². The first kappa shape index (κ1) is 19.2. The number of hydrogen-bond acceptors (Lipinski definition) is 4. The maximum absolute atomic E-state index is 12.7. The van der Waals surface area contributed by atoms with Crippen LogP contribution in [0.4, 0.5) is 5.69 Å². The van der Waals surface area contributed by atoms with Gasteiger partial charge >= 0.3 is 5.97 Å². The summed E-state index contributed by atoms with van der Waals surface area (Å²) in [5, 5.41) is 0. The molecule has 0 spiro atoms. The van der Waals surface area contributed by atoms with Gasteiger partial charge in [-0.05, 0) is 68.0 Å². The third-order valence-corrected chi connectivity index (χ3v) is 5.83. The van der Waals surface area contributed by atoms with E-state index in [1.54, 1.807) is 12.0 Å². The fourth-order valence-corrected chi connectivity index (χ4v) is 3.66. The number of β-lactam (4-membered cyclic amide) rings is 1. The summed E-state index contributed by atoms with van der Waals surface area (Å²) in [5.41, 5.74) is 5.14. The quantitative estimate of drug-likeness (QED) is 0.324. The number of carbonyl (C=O) groups is 2. The van der Waals surface area contributed by atoms with Crippen LogP contribution in [0, 0.1) is 26.7 Å². The molecule has 0 unspecified atom stereocenters. The van der Waals surface area contributed by atoms with Crippen molar-refractivity contribution in [2.24, 2.45) is 5.92 Å². The summed E-state index contributed by atoms with van der Waals surface area (Å²) < 4.78 is 11.1. The van der Waals surface area contributed by atoms with Crippen LogP contribution in [0.1, 0.15) is 41.1 Å². The summed E-state index contributed by atoms with van der Waals surface area (Å²) in [6, 6.07) is 9.29. The molecular weight excluding hydrogens is 366 g/mol. The van der Waals surface area contributed by atoms with Crippen LogP contribution in [0.2, 0.25) is 0 Å². The third-order valence-electron chi connectivity index (χ3n) is 5.83. The van der Waals surface area contributed by atoms with E-state index >= 15 is 0 Å². The molecule has 1 aliphatic heterocycles. The van der Waals surface area contributed by atoms with Crippen molar-refractivity contribution in [1.29, 1.82) is 0 Å². The Morgan fingerprint density at radius 3 is 2.45 bits per heavy atom. The molecule has 0 bridgehead atoms. The van der Waals surface area contributed by atoms with Gasteiger partial charge in [-0.15, -0.1) is 0 Å². The molecule has 0 radical (unpaired) electrons. The second kappa shape index (κ2) is 7.07. The molecule has 2 aromatic carbocycles. The predicted molar refractivity (Wildman–Crippen MR) is 111 cm³/mol. The Hall–Kier alpha value is -3.08. The van der Waals surface area contributed by atoms with Crippen molar-refractivity contribution in [2.45, 2.75) is 39.7 Å². The van der Waals surface area contributed by atoms with Crippen LogP contribution in [-0.4, -0.2) is 19.0 Å². The van der Waals surface area contributed by atoms with Crippen LogP contribution >= 0.6 is 0 Å². The first-order chi connectivity index (χ1) is 13.8. The number of aryl methyl sites for hydroxylation is 2. The van der Waals surface area contributed by atoms with Crippen LogP contribution < -0.4 is 14.4 Å². The SMILES string of the molecule is C=C1C(=O)N(c2cc(C)c(C)c(OC)c2)[C@H]1c1ccc(C)c(OC(=O)C2CC2)c1. The highest BCUT2D eigenvalue weighted by Gasteiger charge is 2.43. The second-order valence-electron chi connectivity index (χ2n) is 7.91. The lowest BCUT2D eigenvalue weighted by atomic mass is 9.87. The van der Waals surface area contributed by atoms with Crippen molar-refractivity contribution < 1.29 is 19.1 Å². The van der Waals surface area contributed by atoms with Crippen molar-refractivity contribution in [2.75, 3.05) is 12.0 Å². The highest BCUT2D eigenvalue weighted by molar-refractivity contribution is 6.15. The monoisotopic (exact) mass is 391 g/mol. The number of nitrogens with zero attached hydrogens (tertiary/aromatic N) is 1. The minimum Gasteiger partial charge on any atom is -0.496 e. The molecule has 1 atom stereocenters. The maximum atomic E-state index is 12.7. The number of methoxy groups -OCH3 is 1. The number of esters is 1. The molecule has 0 aromatic heterocycles. The Bertz CT molecular complexity index is 1040. The lowest BCUT2D eigenvalue weighted by Gasteiger charge is -2.43. The number of hydrogen-bond donors (Lipinski definition) is 0. The Kier molecular flexibility index (Phi) is 4.69. The Morgan fingerprint density at radius 2 is 1.79 bits per heavy atom. The van der Waals surface area contributed by atoms with Gasteiger partial charge in [-0.2, -0.15) is 0 Å². The normalized spacial score (nSPS) is 18.5. The fourth-order valence-electron chi connectivity index (χ4n) is 3.66. The van der Waals surface area contributed by atoms with Crippen molar-refractivity contribution in [3.8, 4) is 11.5 Å². The molecule has 1 heterocycles. The molecule has 2 aromatic rings.